The fourth-order valence-electron chi connectivity index (χ4n) is 3.21. The summed E-state index contributed by atoms with van der Waals surface area (Å²) in [7, 11) is 1.56. The molecule has 0 aliphatic rings. The van der Waals surface area contributed by atoms with Gasteiger partial charge in [-0.1, -0.05) is 35.5 Å². The van der Waals surface area contributed by atoms with E-state index >= 15 is 0 Å². The molecule has 178 valence electrons. The first-order valence-electron chi connectivity index (χ1n) is 10.5. The highest BCUT2D eigenvalue weighted by atomic mass is 35.5. The van der Waals surface area contributed by atoms with Crippen LogP contribution in [0.2, 0.25) is 5.02 Å². The number of ether oxygens (including phenoxy) is 1. The van der Waals surface area contributed by atoms with Crippen molar-refractivity contribution in [2.24, 2.45) is 0 Å². The third kappa shape index (κ3) is 6.39. The maximum atomic E-state index is 12.6. The van der Waals surface area contributed by atoms with Gasteiger partial charge in [0.15, 0.2) is 11.0 Å². The van der Waals surface area contributed by atoms with Crippen molar-refractivity contribution in [3.05, 3.63) is 77.1 Å². The van der Waals surface area contributed by atoms with Crippen LogP contribution in [0.3, 0.4) is 0 Å². The molecule has 1 atom stereocenters. The summed E-state index contributed by atoms with van der Waals surface area (Å²) in [6.07, 6.45) is 1.71. The maximum absolute atomic E-state index is 12.6. The Balaban J connectivity index is 1.68. The third-order valence-corrected chi connectivity index (χ3v) is 6.08. The number of carbonyl (C=O) groups is 2. The molecule has 3 aromatic rings. The third-order valence-electron chi connectivity index (χ3n) is 4.86. The van der Waals surface area contributed by atoms with Crippen molar-refractivity contribution in [1.82, 2.24) is 20.1 Å². The highest BCUT2D eigenvalue weighted by molar-refractivity contribution is 7.99. The molecule has 0 radical (unpaired) electrons. The molecule has 1 heterocycles. The lowest BCUT2D eigenvalue weighted by molar-refractivity contribution is -0.113. The molecule has 0 spiro atoms. The molecule has 2 amide bonds. The summed E-state index contributed by atoms with van der Waals surface area (Å²) in [4.78, 5) is 25.2. The number of hydrogen-bond donors (Lipinski definition) is 2. The Bertz CT molecular complexity index is 1180. The first-order chi connectivity index (χ1) is 16.3. The van der Waals surface area contributed by atoms with Crippen LogP contribution in [-0.2, 0) is 11.3 Å². The van der Waals surface area contributed by atoms with E-state index in [1.807, 2.05) is 36.6 Å². The molecule has 0 bridgehead atoms. The summed E-state index contributed by atoms with van der Waals surface area (Å²) in [5.74, 6) is 0.820. The Morgan fingerprint density at radius 3 is 2.65 bits per heavy atom. The molecule has 2 aromatic carbocycles. The molecule has 0 saturated carbocycles. The SMILES string of the molecule is C=CCn1c(SCC(=O)Nc2cc(C)ccc2OC)nnc1[C@@H](C)NC(=O)c1ccc(Cl)cc1. The average Bonchev–Trinajstić information content (AvgIpc) is 3.21. The van der Waals surface area contributed by atoms with Gasteiger partial charge >= 0.3 is 0 Å². The van der Waals surface area contributed by atoms with E-state index in [4.69, 9.17) is 16.3 Å². The predicted molar refractivity (Wildman–Crippen MR) is 135 cm³/mol. The number of amides is 2. The number of anilines is 1. The smallest absolute Gasteiger partial charge is 0.251 e. The Morgan fingerprint density at radius 2 is 1.97 bits per heavy atom. The van der Waals surface area contributed by atoms with Gasteiger partial charge in [-0.3, -0.25) is 9.59 Å². The van der Waals surface area contributed by atoms with Crippen LogP contribution in [0.4, 0.5) is 5.69 Å². The molecule has 0 aliphatic heterocycles. The van der Waals surface area contributed by atoms with Crippen LogP contribution in [0.25, 0.3) is 0 Å². The van der Waals surface area contributed by atoms with Crippen molar-refractivity contribution in [3.63, 3.8) is 0 Å². The lowest BCUT2D eigenvalue weighted by atomic mass is 10.2. The molecule has 10 heteroatoms. The molecular formula is C24H26ClN5O3S. The summed E-state index contributed by atoms with van der Waals surface area (Å²) < 4.78 is 7.14. The standard InChI is InChI=1S/C24H26ClN5O3S/c1-5-12-30-22(16(3)26-23(32)17-7-9-18(25)10-8-17)28-29-24(30)34-14-21(31)27-19-13-15(2)6-11-20(19)33-4/h5-11,13,16H,1,12,14H2,2-4H3,(H,26,32)(H,27,31)/t16-/m1/s1. The Hall–Kier alpha value is -3.30. The molecule has 8 nitrogen and oxygen atoms in total. The van der Waals surface area contributed by atoms with E-state index in [1.54, 1.807) is 37.5 Å². The van der Waals surface area contributed by atoms with Crippen LogP contribution in [0.15, 0.2) is 60.3 Å². The number of halogens is 1. The highest BCUT2D eigenvalue weighted by Gasteiger charge is 2.20. The molecule has 0 aliphatic carbocycles. The quantitative estimate of drug-likeness (QED) is 0.311. The van der Waals surface area contributed by atoms with Gasteiger partial charge in [0.25, 0.3) is 5.91 Å². The van der Waals surface area contributed by atoms with Gasteiger partial charge in [0.05, 0.1) is 24.6 Å². The van der Waals surface area contributed by atoms with Gasteiger partial charge in [-0.05, 0) is 55.8 Å². The molecule has 0 unspecified atom stereocenters. The first kappa shape index (κ1) is 25.3. The Kier molecular flexibility index (Phi) is 8.72. The first-order valence-corrected chi connectivity index (χ1v) is 11.9. The van der Waals surface area contributed by atoms with Gasteiger partial charge in [0, 0.05) is 17.1 Å². The zero-order valence-electron chi connectivity index (χ0n) is 19.2. The van der Waals surface area contributed by atoms with Crippen LogP contribution in [0, 0.1) is 6.92 Å². The van der Waals surface area contributed by atoms with Crippen LogP contribution in [-0.4, -0.2) is 39.4 Å². The number of benzene rings is 2. The second kappa shape index (κ2) is 11.7. The number of methoxy groups -OCH3 is 1. The number of rotatable bonds is 10. The highest BCUT2D eigenvalue weighted by Crippen LogP contribution is 2.26. The molecular weight excluding hydrogens is 474 g/mol. The summed E-state index contributed by atoms with van der Waals surface area (Å²) in [6.45, 7) is 7.99. The number of thioether (sulfide) groups is 1. The van der Waals surface area contributed by atoms with Crippen LogP contribution < -0.4 is 15.4 Å². The minimum atomic E-state index is -0.421. The van der Waals surface area contributed by atoms with E-state index < -0.39 is 6.04 Å². The van der Waals surface area contributed by atoms with E-state index in [2.05, 4.69) is 27.4 Å². The topological polar surface area (TPSA) is 98.1 Å². The van der Waals surface area contributed by atoms with Gasteiger partial charge in [0.1, 0.15) is 5.75 Å². The summed E-state index contributed by atoms with van der Waals surface area (Å²) in [5, 5.41) is 15.4. The molecule has 0 saturated heterocycles. The molecule has 3 rings (SSSR count). The molecule has 34 heavy (non-hydrogen) atoms. The lowest BCUT2D eigenvalue weighted by Gasteiger charge is -2.15. The van der Waals surface area contributed by atoms with Gasteiger partial charge in [-0.25, -0.2) is 0 Å². The van der Waals surface area contributed by atoms with E-state index in [0.29, 0.717) is 39.5 Å². The van der Waals surface area contributed by atoms with Gasteiger partial charge < -0.3 is 19.9 Å². The van der Waals surface area contributed by atoms with Crippen molar-refractivity contribution >= 4 is 40.9 Å². The molecule has 2 N–H and O–H groups in total. The number of hydrogen-bond acceptors (Lipinski definition) is 6. The molecule has 0 fully saturated rings. The number of carbonyl (C=O) groups excluding carboxylic acids is 2. The average molecular weight is 500 g/mol. The van der Waals surface area contributed by atoms with Crippen LogP contribution >= 0.6 is 23.4 Å². The number of nitrogens with one attached hydrogen (secondary N) is 2. The second-order valence-corrected chi connectivity index (χ2v) is 8.86. The summed E-state index contributed by atoms with van der Waals surface area (Å²) >= 11 is 7.14. The van der Waals surface area contributed by atoms with Crippen molar-refractivity contribution in [2.75, 3.05) is 18.2 Å². The van der Waals surface area contributed by atoms with Crippen LogP contribution in [0.1, 0.15) is 34.7 Å². The largest absolute Gasteiger partial charge is 0.495 e. The van der Waals surface area contributed by atoms with Crippen molar-refractivity contribution in [2.45, 2.75) is 31.6 Å². The summed E-state index contributed by atoms with van der Waals surface area (Å²) in [5.41, 5.74) is 2.11. The van der Waals surface area contributed by atoms with Crippen molar-refractivity contribution < 1.29 is 14.3 Å². The predicted octanol–water partition coefficient (Wildman–Crippen LogP) is 4.66. The number of aromatic nitrogens is 3. The maximum Gasteiger partial charge on any atom is 0.251 e. The minimum absolute atomic E-state index is 0.123. The van der Waals surface area contributed by atoms with Crippen LogP contribution in [0.5, 0.6) is 5.75 Å². The monoisotopic (exact) mass is 499 g/mol. The minimum Gasteiger partial charge on any atom is -0.495 e. The van der Waals surface area contributed by atoms with Gasteiger partial charge in [-0.15, -0.1) is 16.8 Å². The fraction of sp³-hybridized carbons (Fsp3) is 0.250. The normalized spacial score (nSPS) is 11.5. The van der Waals surface area contributed by atoms with Gasteiger partial charge in [-0.2, -0.15) is 0 Å². The lowest BCUT2D eigenvalue weighted by Crippen LogP contribution is -2.28. The summed E-state index contributed by atoms with van der Waals surface area (Å²) in [6, 6.07) is 11.8. The number of allylic oxidation sites excluding steroid dienone is 1. The van der Waals surface area contributed by atoms with E-state index in [9.17, 15) is 9.59 Å². The number of aryl methyl sites for hydroxylation is 1. The van der Waals surface area contributed by atoms with Crippen molar-refractivity contribution in [1.29, 1.82) is 0 Å². The van der Waals surface area contributed by atoms with Crippen molar-refractivity contribution in [3.8, 4) is 5.75 Å². The fourth-order valence-corrected chi connectivity index (χ4v) is 4.09. The molecule has 1 aromatic heterocycles. The Labute approximate surface area is 207 Å². The Morgan fingerprint density at radius 1 is 1.24 bits per heavy atom. The van der Waals surface area contributed by atoms with E-state index in [-0.39, 0.29) is 17.6 Å². The van der Waals surface area contributed by atoms with E-state index in [1.165, 1.54) is 11.8 Å². The number of nitrogens with zero attached hydrogens (tertiary/aromatic N) is 3. The van der Waals surface area contributed by atoms with E-state index in [0.717, 1.165) is 5.56 Å². The van der Waals surface area contributed by atoms with Gasteiger partial charge in [0.2, 0.25) is 5.91 Å². The zero-order valence-corrected chi connectivity index (χ0v) is 20.7. The zero-order chi connectivity index (χ0) is 24.7. The second-order valence-electron chi connectivity index (χ2n) is 7.48.